The summed E-state index contributed by atoms with van der Waals surface area (Å²) in [6, 6.07) is 0.0778. The van der Waals surface area contributed by atoms with Crippen LogP contribution in [0, 0.1) is 0 Å². The summed E-state index contributed by atoms with van der Waals surface area (Å²) in [4.78, 5) is 0. The largest absolute Gasteiger partial charge is 0.496 e. The van der Waals surface area contributed by atoms with Gasteiger partial charge < -0.3 is 10.1 Å². The first-order chi connectivity index (χ1) is 7.42. The maximum atomic E-state index is 5.65. The monoisotopic (exact) mass is 225 g/mol. The Bertz CT molecular complexity index is 323. The maximum absolute atomic E-state index is 5.65. The van der Waals surface area contributed by atoms with Gasteiger partial charge in [-0.1, -0.05) is 6.92 Å². The summed E-state index contributed by atoms with van der Waals surface area (Å²) in [5, 5.41) is 3.37. The molecular weight excluding hydrogens is 210 g/mol. The van der Waals surface area contributed by atoms with E-state index in [-0.39, 0.29) is 6.04 Å². The fourth-order valence-corrected chi connectivity index (χ4v) is 2.08. The molecule has 0 fully saturated rings. The smallest absolute Gasteiger partial charge is 0.115 e. The van der Waals surface area contributed by atoms with Gasteiger partial charge in [0.05, 0.1) is 30.2 Å². The molecule has 0 spiro atoms. The van der Waals surface area contributed by atoms with E-state index >= 15 is 0 Å². The molecule has 1 aliphatic rings. The zero-order chi connectivity index (χ0) is 10.5. The molecule has 15 heavy (non-hydrogen) atoms. The highest BCUT2D eigenvalue weighted by atomic mass is 32.1. The minimum atomic E-state index is 0.0778. The molecule has 1 N–H and O–H groups in total. The minimum Gasteiger partial charge on any atom is -0.496 e. The molecule has 1 aliphatic heterocycles. The molecule has 82 valence electrons. The molecule has 0 amide bonds. The molecule has 1 aromatic rings. The number of allylic oxidation sites excluding steroid dienone is 1. The van der Waals surface area contributed by atoms with E-state index in [0.717, 1.165) is 37.4 Å². The third-order valence-corrected chi connectivity index (χ3v) is 2.82. The molecular formula is C10H15N3OS. The van der Waals surface area contributed by atoms with Crippen LogP contribution in [0.4, 0.5) is 0 Å². The number of hydrogen-bond acceptors (Lipinski definition) is 5. The van der Waals surface area contributed by atoms with Crippen molar-refractivity contribution in [3.8, 4) is 0 Å². The summed E-state index contributed by atoms with van der Waals surface area (Å²) in [5.74, 6) is 0.996. The predicted octanol–water partition coefficient (Wildman–Crippen LogP) is 1.88. The van der Waals surface area contributed by atoms with Crippen LogP contribution in [-0.4, -0.2) is 21.9 Å². The Labute approximate surface area is 93.7 Å². The van der Waals surface area contributed by atoms with Crippen LogP contribution >= 0.6 is 11.7 Å². The fraction of sp³-hybridized carbons (Fsp3) is 0.600. The van der Waals surface area contributed by atoms with Gasteiger partial charge in [0.1, 0.15) is 11.8 Å². The van der Waals surface area contributed by atoms with Crippen molar-refractivity contribution in [2.45, 2.75) is 25.8 Å². The molecule has 4 nitrogen and oxygen atoms in total. The topological polar surface area (TPSA) is 47.0 Å². The highest BCUT2D eigenvalue weighted by Gasteiger charge is 2.20. The lowest BCUT2D eigenvalue weighted by molar-refractivity contribution is 0.167. The van der Waals surface area contributed by atoms with Crippen molar-refractivity contribution in [3.63, 3.8) is 0 Å². The molecule has 2 heterocycles. The predicted molar refractivity (Wildman–Crippen MR) is 59.6 cm³/mol. The summed E-state index contributed by atoms with van der Waals surface area (Å²) in [5.41, 5.74) is 0.954. The van der Waals surface area contributed by atoms with Crippen molar-refractivity contribution >= 4 is 11.7 Å². The van der Waals surface area contributed by atoms with Crippen LogP contribution in [-0.2, 0) is 4.74 Å². The summed E-state index contributed by atoms with van der Waals surface area (Å²) >= 11 is 1.23. The van der Waals surface area contributed by atoms with Gasteiger partial charge in [0.25, 0.3) is 0 Å². The van der Waals surface area contributed by atoms with E-state index in [4.69, 9.17) is 4.74 Å². The Morgan fingerprint density at radius 1 is 1.67 bits per heavy atom. The highest BCUT2D eigenvalue weighted by Crippen LogP contribution is 2.24. The normalized spacial score (nSPS) is 18.1. The first-order valence-electron chi connectivity index (χ1n) is 5.25. The minimum absolute atomic E-state index is 0.0778. The molecule has 1 unspecified atom stereocenters. The van der Waals surface area contributed by atoms with Crippen molar-refractivity contribution in [1.29, 1.82) is 0 Å². The van der Waals surface area contributed by atoms with Crippen LogP contribution < -0.4 is 5.32 Å². The van der Waals surface area contributed by atoms with Crippen LogP contribution in [0.5, 0.6) is 0 Å². The Morgan fingerprint density at radius 3 is 3.20 bits per heavy atom. The van der Waals surface area contributed by atoms with Crippen molar-refractivity contribution in [3.05, 3.63) is 23.7 Å². The van der Waals surface area contributed by atoms with Gasteiger partial charge in [0.2, 0.25) is 0 Å². The summed E-state index contributed by atoms with van der Waals surface area (Å²) in [6.45, 7) is 3.78. The lowest BCUT2D eigenvalue weighted by atomic mass is 10.1. The third kappa shape index (κ3) is 2.54. The van der Waals surface area contributed by atoms with Gasteiger partial charge in [-0.15, -0.1) is 0 Å². The molecule has 0 aliphatic carbocycles. The van der Waals surface area contributed by atoms with Gasteiger partial charge in [-0.3, -0.25) is 0 Å². The molecule has 1 atom stereocenters. The van der Waals surface area contributed by atoms with Crippen LogP contribution in [0.1, 0.15) is 31.5 Å². The number of rotatable bonds is 4. The second kappa shape index (κ2) is 5.23. The molecule has 0 saturated carbocycles. The number of nitrogens with one attached hydrogen (secondary N) is 1. The lowest BCUT2D eigenvalue weighted by Crippen LogP contribution is -2.25. The van der Waals surface area contributed by atoms with Crippen molar-refractivity contribution < 1.29 is 4.74 Å². The van der Waals surface area contributed by atoms with Crippen LogP contribution in [0.25, 0.3) is 0 Å². The molecule has 1 aromatic heterocycles. The summed E-state index contributed by atoms with van der Waals surface area (Å²) < 4.78 is 13.9. The number of hydrogen-bond donors (Lipinski definition) is 1. The molecule has 5 heteroatoms. The zero-order valence-corrected chi connectivity index (χ0v) is 9.59. The van der Waals surface area contributed by atoms with Gasteiger partial charge in [0, 0.05) is 0 Å². The van der Waals surface area contributed by atoms with E-state index in [9.17, 15) is 0 Å². The molecule has 2 rings (SSSR count). The second-order valence-corrected chi connectivity index (χ2v) is 3.98. The zero-order valence-electron chi connectivity index (χ0n) is 8.77. The van der Waals surface area contributed by atoms with Crippen LogP contribution in [0.3, 0.4) is 0 Å². The maximum Gasteiger partial charge on any atom is 0.115 e. The average molecular weight is 225 g/mol. The molecule has 0 saturated heterocycles. The van der Waals surface area contributed by atoms with Crippen molar-refractivity contribution in [1.82, 2.24) is 14.1 Å². The van der Waals surface area contributed by atoms with Crippen molar-refractivity contribution in [2.24, 2.45) is 0 Å². The highest BCUT2D eigenvalue weighted by molar-refractivity contribution is 6.99. The number of aromatic nitrogens is 2. The summed E-state index contributed by atoms with van der Waals surface area (Å²) in [7, 11) is 0. The van der Waals surface area contributed by atoms with E-state index in [1.807, 2.05) is 0 Å². The van der Waals surface area contributed by atoms with E-state index in [0.29, 0.717) is 0 Å². The van der Waals surface area contributed by atoms with E-state index < -0.39 is 0 Å². The van der Waals surface area contributed by atoms with Gasteiger partial charge in [-0.25, -0.2) is 0 Å². The molecule has 0 radical (unpaired) electrons. The standard InChI is InChI=1S/C10H15N3OS/c1-2-11-10(8-7-12-15-13-8)9-5-3-4-6-14-9/h5,7,10-11H,2-4,6H2,1H3. The number of nitrogens with zero attached hydrogens (tertiary/aromatic N) is 2. The Hall–Kier alpha value is -0.940. The lowest BCUT2D eigenvalue weighted by Gasteiger charge is -2.22. The first kappa shape index (κ1) is 10.6. The van der Waals surface area contributed by atoms with Gasteiger partial charge >= 0.3 is 0 Å². The Morgan fingerprint density at radius 2 is 2.60 bits per heavy atom. The quantitative estimate of drug-likeness (QED) is 0.850. The van der Waals surface area contributed by atoms with E-state index in [1.165, 1.54) is 11.7 Å². The first-order valence-corrected chi connectivity index (χ1v) is 5.98. The second-order valence-electron chi connectivity index (χ2n) is 3.42. The van der Waals surface area contributed by atoms with Gasteiger partial charge in [-0.05, 0) is 25.5 Å². The van der Waals surface area contributed by atoms with Crippen molar-refractivity contribution in [2.75, 3.05) is 13.2 Å². The summed E-state index contributed by atoms with van der Waals surface area (Å²) in [6.07, 6.45) is 6.15. The van der Waals surface area contributed by atoms with Crippen LogP contribution in [0.15, 0.2) is 18.0 Å². The van der Waals surface area contributed by atoms with E-state index in [2.05, 4.69) is 27.1 Å². The fourth-order valence-electron chi connectivity index (χ4n) is 1.63. The number of likely N-dealkylation sites (N-methyl/N-ethyl adjacent to an activating group) is 1. The third-order valence-electron chi connectivity index (χ3n) is 2.33. The SMILES string of the molecule is CCNC(C1=CCCCO1)c1cnsn1. The average Bonchev–Trinajstić information content (AvgIpc) is 2.80. The molecule has 0 bridgehead atoms. The van der Waals surface area contributed by atoms with Crippen LogP contribution in [0.2, 0.25) is 0 Å². The Kier molecular flexibility index (Phi) is 3.69. The number of ether oxygens (including phenoxy) is 1. The van der Waals surface area contributed by atoms with E-state index in [1.54, 1.807) is 6.20 Å². The Balaban J connectivity index is 2.15. The van der Waals surface area contributed by atoms with Gasteiger partial charge in [-0.2, -0.15) is 8.75 Å². The molecule has 0 aromatic carbocycles. The van der Waals surface area contributed by atoms with Gasteiger partial charge in [0.15, 0.2) is 0 Å².